The van der Waals surface area contributed by atoms with Crippen molar-refractivity contribution in [3.63, 3.8) is 0 Å². The molecule has 0 amide bonds. The highest BCUT2D eigenvalue weighted by Gasteiger charge is 2.34. The second kappa shape index (κ2) is 8.07. The van der Waals surface area contributed by atoms with Gasteiger partial charge in [0.05, 0.1) is 23.0 Å². The second-order valence-corrected chi connectivity index (χ2v) is 8.23. The second-order valence-electron chi connectivity index (χ2n) is 8.23. The van der Waals surface area contributed by atoms with E-state index in [1.54, 1.807) is 4.57 Å². The number of nitrogens with one attached hydrogen (secondary N) is 1. The van der Waals surface area contributed by atoms with E-state index < -0.39 is 17.2 Å². The van der Waals surface area contributed by atoms with Gasteiger partial charge in [-0.2, -0.15) is 5.26 Å². The molecule has 3 atom stereocenters. The molecule has 1 fully saturated rings. The minimum absolute atomic E-state index is 0.0247. The van der Waals surface area contributed by atoms with Crippen LogP contribution in [0.15, 0.2) is 17.1 Å². The highest BCUT2D eigenvalue weighted by Crippen LogP contribution is 2.46. The van der Waals surface area contributed by atoms with Crippen LogP contribution in [0.2, 0.25) is 0 Å². The summed E-state index contributed by atoms with van der Waals surface area (Å²) in [7, 11) is 0. The van der Waals surface area contributed by atoms with Gasteiger partial charge in [-0.25, -0.2) is 9.18 Å². The van der Waals surface area contributed by atoms with Crippen LogP contribution in [0.4, 0.5) is 4.39 Å². The molecular formula is C22H24FN3O4. The number of carboxylic acid groups (broad SMARTS) is 1. The van der Waals surface area contributed by atoms with Crippen LogP contribution in [0.1, 0.15) is 60.5 Å². The molecule has 8 heteroatoms. The lowest BCUT2D eigenvalue weighted by Crippen LogP contribution is -2.27. The average Bonchev–Trinajstić information content (AvgIpc) is 3.17. The molecule has 1 aliphatic carbocycles. The SMILES string of the molecule is CC1COc2c(C3CCC(CNCCC#N)C3)c(F)cc3c(=O)c(C(=O)O)cn1c23. The van der Waals surface area contributed by atoms with E-state index in [4.69, 9.17) is 10.00 Å². The van der Waals surface area contributed by atoms with E-state index in [9.17, 15) is 14.7 Å². The third kappa shape index (κ3) is 3.43. The van der Waals surface area contributed by atoms with Crippen LogP contribution < -0.4 is 15.5 Å². The van der Waals surface area contributed by atoms with Crippen molar-refractivity contribution in [1.29, 1.82) is 5.26 Å². The first-order valence-electron chi connectivity index (χ1n) is 10.3. The van der Waals surface area contributed by atoms with E-state index in [1.807, 2.05) is 6.92 Å². The number of hydrogen-bond donors (Lipinski definition) is 2. The predicted octanol–water partition coefficient (Wildman–Crippen LogP) is 3.18. The molecule has 2 N–H and O–H groups in total. The van der Waals surface area contributed by atoms with Gasteiger partial charge in [0, 0.05) is 24.7 Å². The Morgan fingerprint density at radius 3 is 3.00 bits per heavy atom. The summed E-state index contributed by atoms with van der Waals surface area (Å²) < 4.78 is 22.9. The molecule has 0 bridgehead atoms. The summed E-state index contributed by atoms with van der Waals surface area (Å²) in [5.74, 6) is -1.10. The van der Waals surface area contributed by atoms with Crippen molar-refractivity contribution >= 4 is 16.9 Å². The van der Waals surface area contributed by atoms with Gasteiger partial charge >= 0.3 is 5.97 Å². The van der Waals surface area contributed by atoms with E-state index >= 15 is 4.39 Å². The largest absolute Gasteiger partial charge is 0.489 e. The fourth-order valence-corrected chi connectivity index (χ4v) is 4.75. The van der Waals surface area contributed by atoms with Gasteiger partial charge in [-0.15, -0.1) is 0 Å². The Labute approximate surface area is 173 Å². The normalized spacial score (nSPS) is 22.6. The van der Waals surface area contributed by atoms with Crippen LogP contribution in [0.3, 0.4) is 0 Å². The number of halogens is 1. The minimum atomic E-state index is -1.32. The van der Waals surface area contributed by atoms with Crippen molar-refractivity contribution in [2.24, 2.45) is 5.92 Å². The van der Waals surface area contributed by atoms with Gasteiger partial charge in [0.15, 0.2) is 0 Å². The highest BCUT2D eigenvalue weighted by molar-refractivity contribution is 5.95. The summed E-state index contributed by atoms with van der Waals surface area (Å²) in [4.78, 5) is 24.2. The molecule has 1 aliphatic heterocycles. The Kier molecular flexibility index (Phi) is 5.48. The summed E-state index contributed by atoms with van der Waals surface area (Å²) in [6.45, 7) is 3.59. The molecule has 30 heavy (non-hydrogen) atoms. The Morgan fingerprint density at radius 2 is 2.27 bits per heavy atom. The maximum atomic E-state index is 15.2. The van der Waals surface area contributed by atoms with Crippen LogP contribution in [0.5, 0.6) is 5.75 Å². The fraction of sp³-hybridized carbons (Fsp3) is 0.500. The fourth-order valence-electron chi connectivity index (χ4n) is 4.75. The van der Waals surface area contributed by atoms with Crippen molar-refractivity contribution in [3.05, 3.63) is 39.4 Å². The smallest absolute Gasteiger partial charge is 0.341 e. The maximum absolute atomic E-state index is 15.2. The molecule has 3 unspecified atom stereocenters. The number of aromatic carboxylic acids is 1. The number of nitrogens with zero attached hydrogens (tertiary/aromatic N) is 2. The highest BCUT2D eigenvalue weighted by atomic mass is 19.1. The summed E-state index contributed by atoms with van der Waals surface area (Å²) in [5.41, 5.74) is -0.0799. The molecule has 2 aliphatic rings. The molecule has 2 aromatic rings. The third-order valence-corrected chi connectivity index (χ3v) is 6.23. The lowest BCUT2D eigenvalue weighted by atomic mass is 9.92. The van der Waals surface area contributed by atoms with Crippen LogP contribution in [0.25, 0.3) is 10.9 Å². The number of hydrogen-bond acceptors (Lipinski definition) is 5. The van der Waals surface area contributed by atoms with E-state index in [0.717, 1.165) is 25.8 Å². The van der Waals surface area contributed by atoms with Crippen LogP contribution in [0, 0.1) is 23.1 Å². The Morgan fingerprint density at radius 1 is 1.47 bits per heavy atom. The first kappa shape index (κ1) is 20.4. The van der Waals surface area contributed by atoms with Gasteiger partial charge in [-0.1, -0.05) is 0 Å². The molecule has 0 saturated heterocycles. The lowest BCUT2D eigenvalue weighted by molar-refractivity contribution is 0.0694. The molecule has 158 valence electrons. The number of benzene rings is 1. The van der Waals surface area contributed by atoms with Crippen LogP contribution in [-0.4, -0.2) is 35.3 Å². The molecule has 1 aromatic heterocycles. The number of carbonyl (C=O) groups is 1. The third-order valence-electron chi connectivity index (χ3n) is 6.23. The first-order valence-corrected chi connectivity index (χ1v) is 10.3. The molecule has 4 rings (SSSR count). The molecule has 0 spiro atoms. The van der Waals surface area contributed by atoms with E-state index in [-0.39, 0.29) is 29.5 Å². The zero-order chi connectivity index (χ0) is 21.4. The summed E-state index contributed by atoms with van der Waals surface area (Å²) >= 11 is 0. The Bertz CT molecular complexity index is 1100. The Hall–Kier alpha value is -2.92. The molecule has 0 radical (unpaired) electrons. The standard InChI is InChI=1S/C22H24FN3O4/c1-12-11-30-21-18(14-4-3-13(7-14)9-25-6-2-5-24)17(23)8-15-19(21)26(12)10-16(20(15)27)22(28)29/h8,10,12-14,25H,2-4,6-7,9,11H2,1H3,(H,28,29). The van der Waals surface area contributed by atoms with Gasteiger partial charge < -0.3 is 19.7 Å². The maximum Gasteiger partial charge on any atom is 0.341 e. The van der Waals surface area contributed by atoms with E-state index in [2.05, 4.69) is 11.4 Å². The average molecular weight is 413 g/mol. The van der Waals surface area contributed by atoms with Crippen molar-refractivity contribution in [2.45, 2.75) is 44.6 Å². The summed E-state index contributed by atoms with van der Waals surface area (Å²) in [5, 5.41) is 21.3. The number of pyridine rings is 1. The van der Waals surface area contributed by atoms with Gasteiger partial charge in [0.2, 0.25) is 5.43 Å². The summed E-state index contributed by atoms with van der Waals surface area (Å²) in [6.07, 6.45) is 4.37. The van der Waals surface area contributed by atoms with Crippen LogP contribution in [-0.2, 0) is 0 Å². The Balaban J connectivity index is 1.74. The van der Waals surface area contributed by atoms with Gasteiger partial charge in [0.1, 0.15) is 23.7 Å². The van der Waals surface area contributed by atoms with Crippen molar-refractivity contribution < 1.29 is 19.0 Å². The van der Waals surface area contributed by atoms with Crippen molar-refractivity contribution in [2.75, 3.05) is 19.7 Å². The van der Waals surface area contributed by atoms with Crippen molar-refractivity contribution in [3.8, 4) is 11.8 Å². The predicted molar refractivity (Wildman–Crippen MR) is 109 cm³/mol. The minimum Gasteiger partial charge on any atom is -0.489 e. The number of aromatic nitrogens is 1. The number of carboxylic acids is 1. The number of rotatable bonds is 6. The molecular weight excluding hydrogens is 389 g/mol. The zero-order valence-corrected chi connectivity index (χ0v) is 16.8. The topological polar surface area (TPSA) is 104 Å². The molecule has 2 heterocycles. The monoisotopic (exact) mass is 413 g/mol. The summed E-state index contributed by atoms with van der Waals surface area (Å²) in [6, 6.07) is 3.12. The number of nitriles is 1. The first-order chi connectivity index (χ1) is 14.4. The van der Waals surface area contributed by atoms with Gasteiger partial charge in [-0.05, 0) is 50.6 Å². The number of ether oxygens (including phenoxy) is 1. The molecule has 1 saturated carbocycles. The lowest BCUT2D eigenvalue weighted by Gasteiger charge is -2.30. The van der Waals surface area contributed by atoms with E-state index in [0.29, 0.717) is 35.7 Å². The molecule has 7 nitrogen and oxygen atoms in total. The van der Waals surface area contributed by atoms with Gasteiger partial charge in [-0.3, -0.25) is 4.79 Å². The quantitative estimate of drug-likeness (QED) is 0.705. The van der Waals surface area contributed by atoms with Crippen molar-refractivity contribution in [1.82, 2.24) is 9.88 Å². The zero-order valence-electron chi connectivity index (χ0n) is 16.8. The van der Waals surface area contributed by atoms with Crippen LogP contribution >= 0.6 is 0 Å². The molecule has 1 aromatic carbocycles. The van der Waals surface area contributed by atoms with Gasteiger partial charge in [0.25, 0.3) is 0 Å². The van der Waals surface area contributed by atoms with E-state index in [1.165, 1.54) is 12.3 Å².